The fourth-order valence-electron chi connectivity index (χ4n) is 3.72. The van der Waals surface area contributed by atoms with Gasteiger partial charge in [0.2, 0.25) is 0 Å². The minimum atomic E-state index is 0.403. The molecule has 0 saturated heterocycles. The number of aryl methyl sites for hydroxylation is 2. The van der Waals surface area contributed by atoms with Crippen LogP contribution in [0, 0.1) is 13.8 Å². The van der Waals surface area contributed by atoms with Crippen molar-refractivity contribution < 1.29 is 10.2 Å². The summed E-state index contributed by atoms with van der Waals surface area (Å²) in [6.45, 7) is 4.46. The first-order chi connectivity index (χ1) is 15.2. The molecule has 1 aromatic carbocycles. The van der Waals surface area contributed by atoms with Gasteiger partial charge in [-0.25, -0.2) is 9.97 Å². The number of rotatable bonds is 5. The van der Waals surface area contributed by atoms with E-state index in [-0.39, 0.29) is 0 Å². The Bertz CT molecular complexity index is 1330. The number of hydrogen-bond acceptors (Lipinski definition) is 5. The molecule has 2 N–H and O–H groups in total. The van der Waals surface area contributed by atoms with Crippen molar-refractivity contribution >= 4 is 22.3 Å². The van der Waals surface area contributed by atoms with E-state index in [2.05, 4.69) is 34.1 Å². The zero-order valence-electron chi connectivity index (χ0n) is 17.4. The van der Waals surface area contributed by atoms with Gasteiger partial charge in [0.15, 0.2) is 5.65 Å². The highest BCUT2D eigenvalue weighted by Crippen LogP contribution is 2.26. The number of benzene rings is 1. The van der Waals surface area contributed by atoms with Crippen molar-refractivity contribution in [2.24, 2.45) is 5.10 Å². The fourth-order valence-corrected chi connectivity index (χ4v) is 3.72. The molecule has 0 bridgehead atoms. The molecule has 0 amide bonds. The highest BCUT2D eigenvalue weighted by molar-refractivity contribution is 6.24. The minimum absolute atomic E-state index is 0.403. The third-order valence-electron chi connectivity index (χ3n) is 5.27. The second-order valence-corrected chi connectivity index (χ2v) is 7.51. The average molecular weight is 408 g/mol. The van der Waals surface area contributed by atoms with E-state index in [4.69, 9.17) is 9.72 Å². The van der Waals surface area contributed by atoms with Crippen LogP contribution in [0.1, 0.15) is 16.8 Å². The van der Waals surface area contributed by atoms with Gasteiger partial charge in [-0.05, 0) is 79.6 Å². The van der Waals surface area contributed by atoms with Gasteiger partial charge >= 0.3 is 0 Å². The summed E-state index contributed by atoms with van der Waals surface area (Å²) in [5, 5.41) is 5.53. The predicted octanol–water partition coefficient (Wildman–Crippen LogP) is 3.66. The molecule has 6 heteroatoms. The van der Waals surface area contributed by atoms with Gasteiger partial charge in [-0.3, -0.25) is 4.98 Å². The van der Waals surface area contributed by atoms with Crippen molar-refractivity contribution in [2.45, 2.75) is 13.8 Å². The summed E-state index contributed by atoms with van der Waals surface area (Å²) in [5.74, 6) is 0.792. The molecule has 1 aliphatic heterocycles. The van der Waals surface area contributed by atoms with E-state index in [1.165, 1.54) is 0 Å². The summed E-state index contributed by atoms with van der Waals surface area (Å²) in [5.41, 5.74) is 9.73. The molecule has 3 aromatic heterocycles. The second-order valence-electron chi connectivity index (χ2n) is 7.51. The Labute approximate surface area is 180 Å². The Morgan fingerprint density at radius 2 is 1.77 bits per heavy atom. The van der Waals surface area contributed by atoms with Crippen LogP contribution < -0.4 is 10.2 Å². The van der Waals surface area contributed by atoms with Crippen LogP contribution in [0.3, 0.4) is 0 Å². The summed E-state index contributed by atoms with van der Waals surface area (Å²) >= 11 is 0. The van der Waals surface area contributed by atoms with E-state index in [0.717, 1.165) is 56.1 Å². The van der Waals surface area contributed by atoms with Crippen LogP contribution in [0.25, 0.3) is 27.9 Å². The largest absolute Gasteiger partial charge is 0.487 e. The van der Waals surface area contributed by atoms with Crippen LogP contribution >= 0.6 is 0 Å². The van der Waals surface area contributed by atoms with Crippen molar-refractivity contribution in [2.75, 3.05) is 6.61 Å². The van der Waals surface area contributed by atoms with Crippen LogP contribution in [0.2, 0.25) is 0 Å². The van der Waals surface area contributed by atoms with Crippen LogP contribution in [0.5, 0.6) is 5.75 Å². The van der Waals surface area contributed by atoms with Crippen molar-refractivity contribution in [3.8, 4) is 17.0 Å². The molecule has 0 radical (unpaired) electrons. The van der Waals surface area contributed by atoms with Crippen LogP contribution in [-0.2, 0) is 0 Å². The number of quaternary nitrogens is 1. The summed E-state index contributed by atoms with van der Waals surface area (Å²) in [6.07, 6.45) is 5.60. The molecule has 5 rings (SSSR count). The van der Waals surface area contributed by atoms with E-state index in [1.54, 1.807) is 6.20 Å². The standard InChI is InChI=1S/C25H21N5O/c1-16-12-20-4-3-10-27-25(20)29-24(16)18-5-7-21(8-6-18)31-15-23-22(14-28-30-23)19-9-11-26-17(2)13-19/h3-14H,15H2,1-2H3,(H,28,30)/p+1. The number of aromatic nitrogens is 3. The van der Waals surface area contributed by atoms with Gasteiger partial charge in [0.25, 0.3) is 0 Å². The Hall–Kier alpha value is -3.90. The Morgan fingerprint density at radius 1 is 0.903 bits per heavy atom. The molecule has 31 heavy (non-hydrogen) atoms. The van der Waals surface area contributed by atoms with Crippen molar-refractivity contribution in [1.82, 2.24) is 15.0 Å². The van der Waals surface area contributed by atoms with Crippen LogP contribution in [-0.4, -0.2) is 27.3 Å². The lowest BCUT2D eigenvalue weighted by Crippen LogP contribution is -2.69. The maximum atomic E-state index is 6.02. The Morgan fingerprint density at radius 3 is 2.61 bits per heavy atom. The van der Waals surface area contributed by atoms with Crippen molar-refractivity contribution in [3.05, 3.63) is 90.0 Å². The van der Waals surface area contributed by atoms with Crippen molar-refractivity contribution in [3.63, 3.8) is 0 Å². The van der Waals surface area contributed by atoms with E-state index in [0.29, 0.717) is 6.61 Å². The SMILES string of the molecule is Cc1cc(C2=C[NH2+]N=C2COc2ccc(-c3nc4ncccc4cc3C)cc2)ccn1. The summed E-state index contributed by atoms with van der Waals surface area (Å²) in [7, 11) is 0. The van der Waals surface area contributed by atoms with Crippen LogP contribution in [0.4, 0.5) is 0 Å². The number of pyridine rings is 3. The molecule has 0 spiro atoms. The molecular formula is C25H22N5O+. The van der Waals surface area contributed by atoms with Gasteiger partial charge in [0.1, 0.15) is 24.3 Å². The number of ether oxygens (including phenoxy) is 1. The number of fused-ring (bicyclic) bond motifs is 1. The third kappa shape index (κ3) is 3.93. The van der Waals surface area contributed by atoms with Gasteiger partial charge in [-0.2, -0.15) is 5.43 Å². The van der Waals surface area contributed by atoms with E-state index in [1.807, 2.05) is 67.2 Å². The fraction of sp³-hybridized carbons (Fsp3) is 0.120. The molecule has 1 aliphatic rings. The monoisotopic (exact) mass is 408 g/mol. The molecule has 0 aliphatic carbocycles. The first-order valence-corrected chi connectivity index (χ1v) is 10.2. The molecule has 0 unspecified atom stereocenters. The van der Waals surface area contributed by atoms with E-state index in [9.17, 15) is 0 Å². The zero-order chi connectivity index (χ0) is 21.2. The quantitative estimate of drug-likeness (QED) is 0.511. The third-order valence-corrected chi connectivity index (χ3v) is 5.27. The maximum absolute atomic E-state index is 6.02. The second kappa shape index (κ2) is 8.08. The number of nitrogens with two attached hydrogens (primary N) is 1. The smallest absolute Gasteiger partial charge is 0.159 e. The molecule has 6 nitrogen and oxygen atoms in total. The summed E-state index contributed by atoms with van der Waals surface area (Å²) in [6, 6.07) is 18.1. The lowest BCUT2D eigenvalue weighted by atomic mass is 10.0. The Balaban J connectivity index is 1.31. The normalized spacial score (nSPS) is 13.2. The van der Waals surface area contributed by atoms with Crippen LogP contribution in [0.15, 0.2) is 78.3 Å². The maximum Gasteiger partial charge on any atom is 0.159 e. The lowest BCUT2D eigenvalue weighted by Gasteiger charge is -2.10. The topological polar surface area (TPSA) is 76.9 Å². The Kier molecular flexibility index (Phi) is 4.98. The van der Waals surface area contributed by atoms with Gasteiger partial charge < -0.3 is 4.74 Å². The molecule has 0 fully saturated rings. The molecular weight excluding hydrogens is 386 g/mol. The van der Waals surface area contributed by atoms with E-state index < -0.39 is 0 Å². The molecule has 0 atom stereocenters. The summed E-state index contributed by atoms with van der Waals surface area (Å²) in [4.78, 5) is 13.4. The van der Waals surface area contributed by atoms with Gasteiger partial charge in [0.05, 0.1) is 11.3 Å². The molecule has 0 saturated carbocycles. The zero-order valence-corrected chi connectivity index (χ0v) is 17.4. The van der Waals surface area contributed by atoms with Gasteiger partial charge in [-0.15, -0.1) is 0 Å². The predicted molar refractivity (Wildman–Crippen MR) is 122 cm³/mol. The molecule has 4 aromatic rings. The van der Waals surface area contributed by atoms with Gasteiger partial charge in [0, 0.05) is 29.0 Å². The molecule has 152 valence electrons. The summed E-state index contributed by atoms with van der Waals surface area (Å²) < 4.78 is 6.02. The minimum Gasteiger partial charge on any atom is -0.487 e. The lowest BCUT2D eigenvalue weighted by molar-refractivity contribution is -0.589. The van der Waals surface area contributed by atoms with Crippen molar-refractivity contribution in [1.29, 1.82) is 0 Å². The highest BCUT2D eigenvalue weighted by Gasteiger charge is 2.19. The first-order valence-electron chi connectivity index (χ1n) is 10.2. The van der Waals surface area contributed by atoms with Gasteiger partial charge in [-0.1, -0.05) is 5.10 Å². The number of nitrogens with zero attached hydrogens (tertiary/aromatic N) is 4. The average Bonchev–Trinajstić information content (AvgIpc) is 3.26. The highest BCUT2D eigenvalue weighted by atomic mass is 16.5. The molecule has 4 heterocycles. The van der Waals surface area contributed by atoms with E-state index >= 15 is 0 Å². The number of hydrogen-bond donors (Lipinski definition) is 1. The first kappa shape index (κ1) is 19.1.